The summed E-state index contributed by atoms with van der Waals surface area (Å²) in [5.74, 6) is -0.00982. The Morgan fingerprint density at radius 3 is 3.10 bits per heavy atom. The van der Waals surface area contributed by atoms with Gasteiger partial charge in [-0.2, -0.15) is 0 Å². The molecule has 1 unspecified atom stereocenters. The Morgan fingerprint density at radius 1 is 1.55 bits per heavy atom. The molecule has 1 atom stereocenters. The van der Waals surface area contributed by atoms with Crippen molar-refractivity contribution in [3.8, 4) is 0 Å². The number of nitrogens with one attached hydrogen (secondary N) is 1. The van der Waals surface area contributed by atoms with Gasteiger partial charge in [-0.25, -0.2) is 4.98 Å². The van der Waals surface area contributed by atoms with Gasteiger partial charge in [-0.1, -0.05) is 6.92 Å². The van der Waals surface area contributed by atoms with Crippen molar-refractivity contribution in [1.29, 1.82) is 0 Å². The second-order valence-corrected chi connectivity index (χ2v) is 5.15. The lowest BCUT2D eigenvalue weighted by Gasteiger charge is -2.21. The van der Waals surface area contributed by atoms with Crippen LogP contribution in [0.3, 0.4) is 0 Å². The monoisotopic (exact) mass is 277 g/mol. The quantitative estimate of drug-likeness (QED) is 0.916. The van der Waals surface area contributed by atoms with Crippen LogP contribution in [0.5, 0.6) is 0 Å². The number of anilines is 1. The second-order valence-electron chi connectivity index (χ2n) is 5.15. The zero-order valence-corrected chi connectivity index (χ0v) is 12.3. The van der Waals surface area contributed by atoms with E-state index in [2.05, 4.69) is 17.2 Å². The molecule has 0 aromatic carbocycles. The van der Waals surface area contributed by atoms with Gasteiger partial charge >= 0.3 is 0 Å². The van der Waals surface area contributed by atoms with Gasteiger partial charge in [-0.05, 0) is 31.9 Å². The summed E-state index contributed by atoms with van der Waals surface area (Å²) in [6.45, 7) is 7.11. The Bertz CT molecular complexity index is 433. The summed E-state index contributed by atoms with van der Waals surface area (Å²) in [5, 5.41) is 3.25. The zero-order valence-electron chi connectivity index (χ0n) is 12.3. The van der Waals surface area contributed by atoms with Crippen LogP contribution in [0.4, 0.5) is 5.69 Å². The number of hydrogen-bond donors (Lipinski definition) is 1. The molecule has 0 radical (unpaired) electrons. The van der Waals surface area contributed by atoms with Crippen molar-refractivity contribution in [2.75, 3.05) is 31.6 Å². The normalized spacial score (nSPS) is 19.5. The van der Waals surface area contributed by atoms with Crippen molar-refractivity contribution < 1.29 is 9.53 Å². The predicted octanol–water partition coefficient (Wildman–Crippen LogP) is 2.15. The largest absolute Gasteiger partial charge is 0.384 e. The smallest absolute Gasteiger partial charge is 0.272 e. The van der Waals surface area contributed by atoms with Crippen molar-refractivity contribution in [1.82, 2.24) is 9.88 Å². The fourth-order valence-electron chi connectivity index (χ4n) is 2.24. The molecule has 1 N–H and O–H groups in total. The minimum atomic E-state index is -0.00982. The molecule has 2 rings (SSSR count). The summed E-state index contributed by atoms with van der Waals surface area (Å²) in [4.78, 5) is 18.5. The number of rotatable bonds is 4. The van der Waals surface area contributed by atoms with Crippen LogP contribution in [-0.2, 0) is 4.74 Å². The summed E-state index contributed by atoms with van der Waals surface area (Å²) >= 11 is 0. The molecular formula is C15H23N3O2. The molecule has 0 bridgehead atoms. The summed E-state index contributed by atoms with van der Waals surface area (Å²) in [6, 6.07) is 3.70. The van der Waals surface area contributed by atoms with Gasteiger partial charge in [0.25, 0.3) is 5.91 Å². The fourth-order valence-corrected chi connectivity index (χ4v) is 2.24. The number of aromatic nitrogens is 1. The van der Waals surface area contributed by atoms with E-state index in [1.165, 1.54) is 0 Å². The molecule has 1 aliphatic rings. The Balaban J connectivity index is 2.00. The summed E-state index contributed by atoms with van der Waals surface area (Å²) < 4.78 is 5.56. The molecule has 0 spiro atoms. The van der Waals surface area contributed by atoms with Gasteiger partial charge in [-0.3, -0.25) is 4.79 Å². The lowest BCUT2D eigenvalue weighted by molar-refractivity contribution is 0.0559. The van der Waals surface area contributed by atoms with E-state index in [0.29, 0.717) is 12.2 Å². The SMILES string of the molecule is CCCNc1ccc(C(=O)N2CCCOC(C)C2)nc1. The topological polar surface area (TPSA) is 54.5 Å². The molecule has 2 heterocycles. The molecule has 1 saturated heterocycles. The third-order valence-electron chi connectivity index (χ3n) is 3.30. The van der Waals surface area contributed by atoms with Crippen LogP contribution in [0.15, 0.2) is 18.3 Å². The third kappa shape index (κ3) is 3.93. The molecule has 1 aliphatic heterocycles. The van der Waals surface area contributed by atoms with Gasteiger partial charge in [0, 0.05) is 26.2 Å². The van der Waals surface area contributed by atoms with Crippen molar-refractivity contribution in [3.05, 3.63) is 24.0 Å². The molecule has 1 aromatic rings. The van der Waals surface area contributed by atoms with Crippen LogP contribution < -0.4 is 5.32 Å². The number of ether oxygens (including phenoxy) is 1. The lowest BCUT2D eigenvalue weighted by Crippen LogP contribution is -2.36. The molecule has 0 aliphatic carbocycles. The highest BCUT2D eigenvalue weighted by Gasteiger charge is 2.21. The molecule has 0 saturated carbocycles. The Hall–Kier alpha value is -1.62. The second kappa shape index (κ2) is 7.24. The van der Waals surface area contributed by atoms with Gasteiger partial charge in [-0.15, -0.1) is 0 Å². The minimum absolute atomic E-state index is 0.00982. The van der Waals surface area contributed by atoms with E-state index in [1.54, 1.807) is 12.3 Å². The number of nitrogens with zero attached hydrogens (tertiary/aromatic N) is 2. The first-order valence-corrected chi connectivity index (χ1v) is 7.31. The van der Waals surface area contributed by atoms with Gasteiger partial charge < -0.3 is 15.0 Å². The van der Waals surface area contributed by atoms with Gasteiger partial charge in [0.2, 0.25) is 0 Å². The van der Waals surface area contributed by atoms with E-state index >= 15 is 0 Å². The Morgan fingerprint density at radius 2 is 2.40 bits per heavy atom. The Labute approximate surface area is 120 Å². The molecular weight excluding hydrogens is 254 g/mol. The highest BCUT2D eigenvalue weighted by Crippen LogP contribution is 2.11. The highest BCUT2D eigenvalue weighted by molar-refractivity contribution is 5.92. The maximum Gasteiger partial charge on any atom is 0.272 e. The van der Waals surface area contributed by atoms with E-state index in [-0.39, 0.29) is 12.0 Å². The number of carbonyl (C=O) groups excluding carboxylic acids is 1. The molecule has 5 heteroatoms. The number of hydrogen-bond acceptors (Lipinski definition) is 4. The van der Waals surface area contributed by atoms with E-state index in [1.807, 2.05) is 17.9 Å². The highest BCUT2D eigenvalue weighted by atomic mass is 16.5. The van der Waals surface area contributed by atoms with Crippen molar-refractivity contribution in [2.24, 2.45) is 0 Å². The fraction of sp³-hybridized carbons (Fsp3) is 0.600. The first-order valence-electron chi connectivity index (χ1n) is 7.31. The van der Waals surface area contributed by atoms with Crippen LogP contribution in [0.1, 0.15) is 37.2 Å². The number of pyridine rings is 1. The van der Waals surface area contributed by atoms with E-state index in [9.17, 15) is 4.79 Å². The van der Waals surface area contributed by atoms with Crippen LogP contribution >= 0.6 is 0 Å². The minimum Gasteiger partial charge on any atom is -0.384 e. The standard InChI is InChI=1S/C15H23N3O2/c1-3-7-16-13-5-6-14(17-10-13)15(19)18-8-4-9-20-12(2)11-18/h5-6,10,12,16H,3-4,7-9,11H2,1-2H3. The van der Waals surface area contributed by atoms with Gasteiger partial charge in [0.05, 0.1) is 18.0 Å². The van der Waals surface area contributed by atoms with E-state index in [0.717, 1.165) is 38.2 Å². The van der Waals surface area contributed by atoms with Crippen molar-refractivity contribution in [3.63, 3.8) is 0 Å². The lowest BCUT2D eigenvalue weighted by atomic mass is 10.2. The first kappa shape index (κ1) is 14.8. The van der Waals surface area contributed by atoms with Gasteiger partial charge in [0.1, 0.15) is 5.69 Å². The zero-order chi connectivity index (χ0) is 14.4. The Kier molecular flexibility index (Phi) is 5.35. The van der Waals surface area contributed by atoms with Crippen molar-refractivity contribution in [2.45, 2.75) is 32.8 Å². The van der Waals surface area contributed by atoms with Crippen molar-refractivity contribution >= 4 is 11.6 Å². The summed E-state index contributed by atoms with van der Waals surface area (Å²) in [7, 11) is 0. The molecule has 1 amide bonds. The summed E-state index contributed by atoms with van der Waals surface area (Å²) in [5.41, 5.74) is 1.46. The average Bonchev–Trinajstić information content (AvgIpc) is 2.69. The average molecular weight is 277 g/mol. The third-order valence-corrected chi connectivity index (χ3v) is 3.30. The van der Waals surface area contributed by atoms with E-state index in [4.69, 9.17) is 4.74 Å². The molecule has 20 heavy (non-hydrogen) atoms. The maximum absolute atomic E-state index is 12.4. The number of carbonyl (C=O) groups is 1. The predicted molar refractivity (Wildman–Crippen MR) is 79.0 cm³/mol. The van der Waals surface area contributed by atoms with Crippen LogP contribution in [0.25, 0.3) is 0 Å². The van der Waals surface area contributed by atoms with Gasteiger partial charge in [0.15, 0.2) is 0 Å². The maximum atomic E-state index is 12.4. The molecule has 5 nitrogen and oxygen atoms in total. The van der Waals surface area contributed by atoms with Crippen LogP contribution in [0, 0.1) is 0 Å². The number of amides is 1. The summed E-state index contributed by atoms with van der Waals surface area (Å²) in [6.07, 6.45) is 3.76. The van der Waals surface area contributed by atoms with E-state index < -0.39 is 0 Å². The van der Waals surface area contributed by atoms with Crippen LogP contribution in [-0.4, -0.2) is 48.1 Å². The molecule has 1 fully saturated rings. The molecule has 1 aromatic heterocycles. The van der Waals surface area contributed by atoms with Crippen LogP contribution in [0.2, 0.25) is 0 Å². The molecule has 110 valence electrons. The first-order chi connectivity index (χ1) is 9.70.